The summed E-state index contributed by atoms with van der Waals surface area (Å²) in [4.78, 5) is 35.2. The van der Waals surface area contributed by atoms with E-state index in [1.807, 2.05) is 6.92 Å². The van der Waals surface area contributed by atoms with E-state index in [9.17, 15) is 14.4 Å². The quantitative estimate of drug-likeness (QED) is 0.533. The van der Waals surface area contributed by atoms with Crippen LogP contribution in [0.4, 0.5) is 4.79 Å². The number of nitrogens with one attached hydrogen (secondary N) is 3. The van der Waals surface area contributed by atoms with Crippen LogP contribution in [0.3, 0.4) is 0 Å². The first kappa shape index (κ1) is 21.7. The standard InChI is InChI=1S/C19H30N4O5/c1-4-12-9-13(21-17(24)8-11(3)20-19(26)27)6-7-15(12)22-18(25)16-10-14(5-2)28-23-16/h10-13,15,20H,4-9H2,1-3H3,(H,21,24)(H,22,25)(H,26,27)/t11?,12-,13+,15+/m1/s1. The van der Waals surface area contributed by atoms with Gasteiger partial charge in [-0.25, -0.2) is 4.79 Å². The molecule has 1 aliphatic rings. The summed E-state index contributed by atoms with van der Waals surface area (Å²) in [5.74, 6) is 0.520. The van der Waals surface area contributed by atoms with Crippen molar-refractivity contribution in [3.63, 3.8) is 0 Å². The smallest absolute Gasteiger partial charge is 0.404 e. The third kappa shape index (κ3) is 6.24. The van der Waals surface area contributed by atoms with Crippen LogP contribution in [0, 0.1) is 5.92 Å². The highest BCUT2D eigenvalue weighted by Crippen LogP contribution is 2.28. The van der Waals surface area contributed by atoms with Gasteiger partial charge < -0.3 is 25.6 Å². The van der Waals surface area contributed by atoms with E-state index in [0.717, 1.165) is 25.7 Å². The Kier molecular flexibility index (Phi) is 7.83. The number of aryl methyl sites for hydroxylation is 1. The lowest BCUT2D eigenvalue weighted by molar-refractivity contribution is -0.122. The van der Waals surface area contributed by atoms with Gasteiger partial charge in [0.05, 0.1) is 0 Å². The van der Waals surface area contributed by atoms with Crippen LogP contribution in [-0.2, 0) is 11.2 Å². The molecule has 0 radical (unpaired) electrons. The van der Waals surface area contributed by atoms with Gasteiger partial charge in [0.15, 0.2) is 5.69 Å². The fourth-order valence-corrected chi connectivity index (χ4v) is 3.69. The molecule has 0 aromatic carbocycles. The van der Waals surface area contributed by atoms with Gasteiger partial charge in [-0.1, -0.05) is 25.4 Å². The highest BCUT2D eigenvalue weighted by atomic mass is 16.5. The molecule has 156 valence electrons. The first-order valence-electron chi connectivity index (χ1n) is 9.87. The lowest BCUT2D eigenvalue weighted by Crippen LogP contribution is -2.49. The maximum atomic E-state index is 12.4. The molecule has 3 amide bonds. The van der Waals surface area contributed by atoms with Gasteiger partial charge in [0, 0.05) is 37.0 Å². The lowest BCUT2D eigenvalue weighted by Gasteiger charge is -2.36. The number of rotatable bonds is 8. The van der Waals surface area contributed by atoms with Gasteiger partial charge in [0.25, 0.3) is 5.91 Å². The zero-order chi connectivity index (χ0) is 20.7. The molecule has 2 rings (SSSR count). The summed E-state index contributed by atoms with van der Waals surface area (Å²) in [5.41, 5.74) is 0.294. The Labute approximate surface area is 164 Å². The molecule has 1 fully saturated rings. The van der Waals surface area contributed by atoms with Gasteiger partial charge in [-0.05, 0) is 32.1 Å². The van der Waals surface area contributed by atoms with E-state index in [1.165, 1.54) is 0 Å². The third-order valence-corrected chi connectivity index (χ3v) is 5.19. The van der Waals surface area contributed by atoms with E-state index < -0.39 is 12.1 Å². The second kappa shape index (κ2) is 10.1. The minimum Gasteiger partial charge on any atom is -0.465 e. The summed E-state index contributed by atoms with van der Waals surface area (Å²) >= 11 is 0. The number of amides is 3. The molecule has 1 unspecified atom stereocenters. The first-order valence-corrected chi connectivity index (χ1v) is 9.87. The largest absolute Gasteiger partial charge is 0.465 e. The number of hydrogen-bond donors (Lipinski definition) is 4. The Bertz CT molecular complexity index is 690. The molecule has 0 bridgehead atoms. The molecule has 1 aromatic heterocycles. The zero-order valence-corrected chi connectivity index (χ0v) is 16.7. The monoisotopic (exact) mass is 394 g/mol. The normalized spacial score (nSPS) is 22.9. The van der Waals surface area contributed by atoms with Gasteiger partial charge in [-0.15, -0.1) is 0 Å². The third-order valence-electron chi connectivity index (χ3n) is 5.19. The van der Waals surface area contributed by atoms with E-state index >= 15 is 0 Å². The van der Waals surface area contributed by atoms with E-state index in [-0.39, 0.29) is 36.2 Å². The molecule has 1 heterocycles. The van der Waals surface area contributed by atoms with Gasteiger partial charge in [-0.2, -0.15) is 0 Å². The van der Waals surface area contributed by atoms with Crippen LogP contribution in [-0.4, -0.2) is 46.3 Å². The molecule has 1 aliphatic carbocycles. The summed E-state index contributed by atoms with van der Waals surface area (Å²) in [5, 5.41) is 20.8. The van der Waals surface area contributed by atoms with Crippen molar-refractivity contribution in [2.24, 2.45) is 5.92 Å². The fourth-order valence-electron chi connectivity index (χ4n) is 3.69. The second-order valence-electron chi connectivity index (χ2n) is 7.41. The Hall–Kier alpha value is -2.58. The average Bonchev–Trinajstić information content (AvgIpc) is 3.11. The van der Waals surface area contributed by atoms with Crippen LogP contribution in [0.1, 0.15) is 69.1 Å². The minimum absolute atomic E-state index is 0.0278. The first-order chi connectivity index (χ1) is 13.3. The van der Waals surface area contributed by atoms with Crippen molar-refractivity contribution in [2.45, 2.75) is 77.4 Å². The van der Waals surface area contributed by atoms with E-state index in [1.54, 1.807) is 13.0 Å². The summed E-state index contributed by atoms with van der Waals surface area (Å²) in [6.07, 6.45) is 2.82. The zero-order valence-electron chi connectivity index (χ0n) is 16.7. The Morgan fingerprint density at radius 3 is 2.64 bits per heavy atom. The van der Waals surface area contributed by atoms with Crippen LogP contribution in [0.15, 0.2) is 10.6 Å². The average molecular weight is 394 g/mol. The fraction of sp³-hybridized carbons (Fsp3) is 0.684. The van der Waals surface area contributed by atoms with Crippen molar-refractivity contribution < 1.29 is 24.0 Å². The maximum absolute atomic E-state index is 12.4. The van der Waals surface area contributed by atoms with Gasteiger partial charge in [0.1, 0.15) is 5.76 Å². The minimum atomic E-state index is -1.14. The molecular weight excluding hydrogens is 364 g/mol. The van der Waals surface area contributed by atoms with Crippen LogP contribution < -0.4 is 16.0 Å². The van der Waals surface area contributed by atoms with Crippen LogP contribution >= 0.6 is 0 Å². The highest BCUT2D eigenvalue weighted by molar-refractivity contribution is 5.92. The highest BCUT2D eigenvalue weighted by Gasteiger charge is 2.32. The maximum Gasteiger partial charge on any atom is 0.404 e. The van der Waals surface area contributed by atoms with Crippen molar-refractivity contribution in [3.8, 4) is 0 Å². The number of carboxylic acid groups (broad SMARTS) is 1. The molecule has 1 saturated carbocycles. The van der Waals surface area contributed by atoms with Crippen molar-refractivity contribution in [1.29, 1.82) is 0 Å². The molecule has 9 heteroatoms. The van der Waals surface area contributed by atoms with Crippen LogP contribution in [0.2, 0.25) is 0 Å². The van der Waals surface area contributed by atoms with Crippen molar-refractivity contribution >= 4 is 17.9 Å². The molecule has 9 nitrogen and oxygen atoms in total. The van der Waals surface area contributed by atoms with E-state index in [4.69, 9.17) is 9.63 Å². The number of nitrogens with zero attached hydrogens (tertiary/aromatic N) is 1. The Balaban J connectivity index is 1.84. The molecule has 1 aromatic rings. The Morgan fingerprint density at radius 2 is 2.04 bits per heavy atom. The second-order valence-corrected chi connectivity index (χ2v) is 7.41. The van der Waals surface area contributed by atoms with Gasteiger partial charge in [0.2, 0.25) is 5.91 Å². The predicted molar refractivity (Wildman–Crippen MR) is 102 cm³/mol. The lowest BCUT2D eigenvalue weighted by atomic mass is 9.80. The van der Waals surface area contributed by atoms with Crippen molar-refractivity contribution in [3.05, 3.63) is 17.5 Å². The van der Waals surface area contributed by atoms with Gasteiger partial charge >= 0.3 is 6.09 Å². The number of hydrogen-bond acceptors (Lipinski definition) is 5. The topological polar surface area (TPSA) is 134 Å². The molecule has 0 spiro atoms. The summed E-state index contributed by atoms with van der Waals surface area (Å²) in [7, 11) is 0. The summed E-state index contributed by atoms with van der Waals surface area (Å²) in [6.45, 7) is 5.66. The molecule has 28 heavy (non-hydrogen) atoms. The SMILES string of the molecule is CCc1cc(C(=O)N[C@H]2CC[C@H](NC(=O)CC(C)NC(=O)O)C[C@H]2CC)no1. The predicted octanol–water partition coefficient (Wildman–Crippen LogP) is 2.08. The summed E-state index contributed by atoms with van der Waals surface area (Å²) < 4.78 is 5.09. The molecular formula is C19H30N4O5. The number of carbonyl (C=O) groups is 3. The van der Waals surface area contributed by atoms with Crippen molar-refractivity contribution in [2.75, 3.05) is 0 Å². The van der Waals surface area contributed by atoms with Crippen molar-refractivity contribution in [1.82, 2.24) is 21.1 Å². The Morgan fingerprint density at radius 1 is 1.29 bits per heavy atom. The number of aromatic nitrogens is 1. The molecule has 0 saturated heterocycles. The van der Waals surface area contributed by atoms with E-state index in [2.05, 4.69) is 28.0 Å². The van der Waals surface area contributed by atoms with E-state index in [0.29, 0.717) is 17.9 Å². The molecule has 4 atom stereocenters. The van der Waals surface area contributed by atoms with Crippen LogP contribution in [0.25, 0.3) is 0 Å². The van der Waals surface area contributed by atoms with Gasteiger partial charge in [-0.3, -0.25) is 9.59 Å². The molecule has 4 N–H and O–H groups in total. The number of carbonyl (C=O) groups excluding carboxylic acids is 2. The molecule has 0 aliphatic heterocycles. The summed E-state index contributed by atoms with van der Waals surface area (Å²) in [6, 6.07) is 1.28. The van der Waals surface area contributed by atoms with Crippen LogP contribution in [0.5, 0.6) is 0 Å².